The Kier molecular flexibility index (Phi) is 4.27. The van der Waals surface area contributed by atoms with Gasteiger partial charge >= 0.3 is 0 Å². The van der Waals surface area contributed by atoms with Gasteiger partial charge < -0.3 is 14.1 Å². The molecule has 0 aromatic carbocycles. The van der Waals surface area contributed by atoms with Gasteiger partial charge in [-0.2, -0.15) is 5.10 Å². The van der Waals surface area contributed by atoms with E-state index in [0.717, 1.165) is 16.8 Å². The topological polar surface area (TPSA) is 77.6 Å². The molecule has 0 bridgehead atoms. The molecule has 0 amide bonds. The normalized spacial score (nSPS) is 11.3. The van der Waals surface area contributed by atoms with Crippen LogP contribution in [0.3, 0.4) is 0 Å². The highest BCUT2D eigenvalue weighted by molar-refractivity contribution is 5.98. The molecule has 4 aromatic heterocycles. The minimum Gasteiger partial charge on any atom is -0.350 e. The van der Waals surface area contributed by atoms with E-state index < -0.39 is 0 Å². The van der Waals surface area contributed by atoms with E-state index in [0.29, 0.717) is 22.0 Å². The summed E-state index contributed by atoms with van der Waals surface area (Å²) in [6.07, 6.45) is 12.7. The molecule has 4 rings (SSSR count). The number of aryl methyl sites for hydroxylation is 2. The van der Waals surface area contributed by atoms with Gasteiger partial charge in [-0.15, -0.1) is 6.42 Å². The Bertz CT molecular complexity index is 1410. The van der Waals surface area contributed by atoms with Crippen LogP contribution < -0.4 is 11.1 Å². The first-order valence-corrected chi connectivity index (χ1v) is 9.24. The number of aromatic amines is 1. The molecular weight excluding hydrogens is 366 g/mol. The first-order chi connectivity index (χ1) is 13.8. The van der Waals surface area contributed by atoms with Gasteiger partial charge in [0, 0.05) is 78.1 Å². The molecule has 0 radical (unpaired) electrons. The highest BCUT2D eigenvalue weighted by Gasteiger charge is 2.17. The molecule has 4 heterocycles. The Hall–Kier alpha value is -3.79. The second-order valence-electron chi connectivity index (χ2n) is 7.43. The summed E-state index contributed by atoms with van der Waals surface area (Å²) in [5, 5.41) is 5.09. The van der Waals surface area contributed by atoms with Crippen molar-refractivity contribution in [2.45, 2.75) is 19.9 Å². The summed E-state index contributed by atoms with van der Waals surface area (Å²) in [6.45, 7) is 4.10. The molecule has 7 nitrogen and oxygen atoms in total. The van der Waals surface area contributed by atoms with E-state index >= 15 is 0 Å². The fourth-order valence-electron chi connectivity index (χ4n) is 3.43. The summed E-state index contributed by atoms with van der Waals surface area (Å²) in [5.41, 5.74) is 3.73. The standard InChI is InChI=1S/C22H21N5O2/c1-6-14-10-25(4)20(28)8-16(14)18-12-26(5)22(29)21-17(18)7-19(24-21)15-9-23-27(11-15)13(2)3/h1,7-13,24H,2-5H3. The van der Waals surface area contributed by atoms with Crippen LogP contribution >= 0.6 is 0 Å². The van der Waals surface area contributed by atoms with Crippen molar-refractivity contribution in [2.75, 3.05) is 0 Å². The number of hydrogen-bond donors (Lipinski definition) is 1. The lowest BCUT2D eigenvalue weighted by atomic mass is 10.00. The highest BCUT2D eigenvalue weighted by Crippen LogP contribution is 2.32. The van der Waals surface area contributed by atoms with Crippen LogP contribution in [-0.2, 0) is 14.1 Å². The van der Waals surface area contributed by atoms with Gasteiger partial charge in [0.1, 0.15) is 5.52 Å². The molecule has 0 spiro atoms. The average Bonchev–Trinajstić information content (AvgIpc) is 3.34. The van der Waals surface area contributed by atoms with Crippen LogP contribution in [0.2, 0.25) is 0 Å². The van der Waals surface area contributed by atoms with Gasteiger partial charge in [-0.3, -0.25) is 14.3 Å². The van der Waals surface area contributed by atoms with Crippen molar-refractivity contribution in [3.63, 3.8) is 0 Å². The van der Waals surface area contributed by atoms with Gasteiger partial charge in [0.15, 0.2) is 0 Å². The van der Waals surface area contributed by atoms with E-state index in [1.165, 1.54) is 15.2 Å². The minimum atomic E-state index is -0.171. The van der Waals surface area contributed by atoms with Gasteiger partial charge in [-0.05, 0) is 19.9 Å². The predicted octanol–water partition coefficient (Wildman–Crippen LogP) is 2.66. The molecule has 4 aromatic rings. The lowest BCUT2D eigenvalue weighted by molar-refractivity contribution is 0.532. The summed E-state index contributed by atoms with van der Waals surface area (Å²) >= 11 is 0. The molecular formula is C22H21N5O2. The second-order valence-corrected chi connectivity index (χ2v) is 7.43. The zero-order chi connectivity index (χ0) is 20.9. The maximum atomic E-state index is 12.8. The molecule has 0 aliphatic rings. The number of pyridine rings is 2. The predicted molar refractivity (Wildman–Crippen MR) is 114 cm³/mol. The molecule has 0 aliphatic carbocycles. The third-order valence-corrected chi connectivity index (χ3v) is 5.08. The van der Waals surface area contributed by atoms with E-state index in [4.69, 9.17) is 6.42 Å². The summed E-state index contributed by atoms with van der Waals surface area (Å²) in [6, 6.07) is 3.65. The fraction of sp³-hybridized carbons (Fsp3) is 0.227. The number of nitrogens with one attached hydrogen (secondary N) is 1. The Morgan fingerprint density at radius 3 is 2.48 bits per heavy atom. The second kappa shape index (κ2) is 6.67. The van der Waals surface area contributed by atoms with Crippen molar-refractivity contribution in [2.24, 2.45) is 14.1 Å². The number of rotatable bonds is 3. The summed E-state index contributed by atoms with van der Waals surface area (Å²) in [5.74, 6) is 2.64. The average molecular weight is 387 g/mol. The Balaban J connectivity index is 2.02. The third-order valence-electron chi connectivity index (χ3n) is 5.08. The largest absolute Gasteiger partial charge is 0.350 e. The Morgan fingerprint density at radius 2 is 1.83 bits per heavy atom. The smallest absolute Gasteiger partial charge is 0.274 e. The van der Waals surface area contributed by atoms with Gasteiger partial charge in [0.2, 0.25) is 0 Å². The van der Waals surface area contributed by atoms with Crippen molar-refractivity contribution in [3.05, 3.63) is 63.2 Å². The van der Waals surface area contributed by atoms with E-state index in [1.807, 2.05) is 30.8 Å². The molecule has 1 N–H and O–H groups in total. The quantitative estimate of drug-likeness (QED) is 0.549. The maximum Gasteiger partial charge on any atom is 0.274 e. The zero-order valence-corrected chi connectivity index (χ0v) is 16.7. The van der Waals surface area contributed by atoms with Crippen LogP contribution in [-0.4, -0.2) is 23.9 Å². The highest BCUT2D eigenvalue weighted by atomic mass is 16.1. The number of fused-ring (bicyclic) bond motifs is 1. The fourth-order valence-corrected chi connectivity index (χ4v) is 3.43. The number of nitrogens with zero attached hydrogens (tertiary/aromatic N) is 4. The minimum absolute atomic E-state index is 0.155. The van der Waals surface area contributed by atoms with Gasteiger partial charge in [-0.25, -0.2) is 0 Å². The van der Waals surface area contributed by atoms with E-state index in [9.17, 15) is 9.59 Å². The van der Waals surface area contributed by atoms with Crippen molar-refractivity contribution in [3.8, 4) is 34.7 Å². The number of aromatic nitrogens is 5. The van der Waals surface area contributed by atoms with Gasteiger partial charge in [-0.1, -0.05) is 5.92 Å². The van der Waals surface area contributed by atoms with Crippen molar-refractivity contribution < 1.29 is 0 Å². The maximum absolute atomic E-state index is 12.8. The molecule has 146 valence electrons. The van der Waals surface area contributed by atoms with Gasteiger partial charge in [0.25, 0.3) is 11.1 Å². The van der Waals surface area contributed by atoms with Crippen LogP contribution in [0.15, 0.2) is 46.5 Å². The van der Waals surface area contributed by atoms with Crippen LogP contribution in [0.5, 0.6) is 0 Å². The van der Waals surface area contributed by atoms with Crippen molar-refractivity contribution in [1.82, 2.24) is 23.9 Å². The summed E-state index contributed by atoms with van der Waals surface area (Å²) in [4.78, 5) is 28.2. The van der Waals surface area contributed by atoms with Crippen LogP contribution in [0.25, 0.3) is 33.3 Å². The molecule has 0 fully saturated rings. The molecule has 0 saturated heterocycles. The Labute approximate surface area is 167 Å². The van der Waals surface area contributed by atoms with Crippen LogP contribution in [0.4, 0.5) is 0 Å². The molecule has 29 heavy (non-hydrogen) atoms. The van der Waals surface area contributed by atoms with Gasteiger partial charge in [0.05, 0.1) is 6.20 Å². The molecule has 0 aliphatic heterocycles. The molecule has 0 unspecified atom stereocenters. The number of terminal acetylenes is 1. The third kappa shape index (κ3) is 2.99. The summed E-state index contributed by atoms with van der Waals surface area (Å²) < 4.78 is 4.80. The Morgan fingerprint density at radius 1 is 1.07 bits per heavy atom. The van der Waals surface area contributed by atoms with Crippen molar-refractivity contribution >= 4 is 10.9 Å². The van der Waals surface area contributed by atoms with E-state index in [-0.39, 0.29) is 17.2 Å². The summed E-state index contributed by atoms with van der Waals surface area (Å²) in [7, 11) is 3.34. The SMILES string of the molecule is C#Cc1cn(C)c(=O)cc1-c1cn(C)c(=O)c2[nH]c(-c3cnn(C(C)C)c3)cc12. The lowest BCUT2D eigenvalue weighted by Crippen LogP contribution is -2.18. The van der Waals surface area contributed by atoms with Crippen LogP contribution in [0, 0.1) is 12.3 Å². The molecule has 7 heteroatoms. The first kappa shape index (κ1) is 18.6. The molecule has 0 saturated carbocycles. The first-order valence-electron chi connectivity index (χ1n) is 9.24. The monoisotopic (exact) mass is 387 g/mol. The van der Waals surface area contributed by atoms with Crippen molar-refractivity contribution in [1.29, 1.82) is 0 Å². The zero-order valence-electron chi connectivity index (χ0n) is 16.7. The van der Waals surface area contributed by atoms with E-state index in [2.05, 4.69) is 16.0 Å². The van der Waals surface area contributed by atoms with Crippen LogP contribution in [0.1, 0.15) is 25.5 Å². The lowest BCUT2D eigenvalue weighted by Gasteiger charge is -2.10. The van der Waals surface area contributed by atoms with E-state index in [1.54, 1.807) is 32.7 Å². The number of H-pyrrole nitrogens is 1. The number of hydrogen-bond acceptors (Lipinski definition) is 3. The molecule has 0 atom stereocenters.